The summed E-state index contributed by atoms with van der Waals surface area (Å²) in [4.78, 5) is 14.4. The highest BCUT2D eigenvalue weighted by atomic mass is 32.2. The summed E-state index contributed by atoms with van der Waals surface area (Å²) >= 11 is 0. The molecule has 174 valence electrons. The maximum atomic E-state index is 12.8. The van der Waals surface area contributed by atoms with Gasteiger partial charge in [-0.1, -0.05) is 12.1 Å². The van der Waals surface area contributed by atoms with Crippen LogP contribution in [0.2, 0.25) is 0 Å². The minimum atomic E-state index is -4.39. The van der Waals surface area contributed by atoms with Crippen molar-refractivity contribution in [2.24, 2.45) is 0 Å². The summed E-state index contributed by atoms with van der Waals surface area (Å²) in [7, 11) is -2.18. The quantitative estimate of drug-likeness (QED) is 0.620. The Morgan fingerprint density at radius 2 is 1.56 bits per heavy atom. The zero-order valence-electron chi connectivity index (χ0n) is 17.3. The van der Waals surface area contributed by atoms with Crippen LogP contribution < -0.4 is 4.74 Å². The molecule has 3 rings (SSSR count). The van der Waals surface area contributed by atoms with Crippen molar-refractivity contribution in [3.8, 4) is 5.75 Å². The van der Waals surface area contributed by atoms with E-state index < -0.39 is 22.8 Å². The second kappa shape index (κ2) is 9.88. The first-order chi connectivity index (χ1) is 15.1. The molecule has 0 saturated carbocycles. The monoisotopic (exact) mass is 472 g/mol. The van der Waals surface area contributed by atoms with Gasteiger partial charge in [0.15, 0.2) is 0 Å². The molecule has 0 aliphatic carbocycles. The molecule has 1 aliphatic rings. The summed E-state index contributed by atoms with van der Waals surface area (Å²) in [5.41, 5.74) is 0.886. The van der Waals surface area contributed by atoms with Crippen LogP contribution in [0.1, 0.15) is 15.9 Å². The normalized spacial score (nSPS) is 15.6. The van der Waals surface area contributed by atoms with Gasteiger partial charge in [-0.3, -0.25) is 4.79 Å². The molecular weight excluding hydrogens is 449 g/mol. The fraction of sp³-hybridized carbons (Fsp3) is 0.381. The molecular formula is C21H23F3N2O5S. The first kappa shape index (κ1) is 24.0. The van der Waals surface area contributed by atoms with E-state index in [-0.39, 0.29) is 43.6 Å². The number of piperazine rings is 1. The molecule has 1 fully saturated rings. The standard InChI is InChI=1S/C21H23F3N2O5S/c1-30-18-6-8-19(9-7-18)32(28,29)26-12-10-25(11-13-26)20(27)17-4-2-16(3-5-17)14-31-15-21(22,23)24/h2-9H,10-15H2,1H3. The number of sulfonamides is 1. The van der Waals surface area contributed by atoms with Gasteiger partial charge < -0.3 is 14.4 Å². The molecule has 1 heterocycles. The summed E-state index contributed by atoms with van der Waals surface area (Å²) < 4.78 is 73.0. The second-order valence-electron chi connectivity index (χ2n) is 7.18. The number of halogens is 3. The maximum absolute atomic E-state index is 12.8. The Kier molecular flexibility index (Phi) is 7.42. The van der Waals surface area contributed by atoms with Gasteiger partial charge in [0, 0.05) is 31.7 Å². The molecule has 2 aromatic rings. The summed E-state index contributed by atoms with van der Waals surface area (Å²) in [6.45, 7) is -0.782. The number of rotatable bonds is 7. The third-order valence-corrected chi connectivity index (χ3v) is 6.87. The second-order valence-corrected chi connectivity index (χ2v) is 9.11. The number of amides is 1. The van der Waals surface area contributed by atoms with Gasteiger partial charge in [-0.25, -0.2) is 8.42 Å². The predicted octanol–water partition coefficient (Wildman–Crippen LogP) is 2.92. The Morgan fingerprint density at radius 1 is 0.969 bits per heavy atom. The van der Waals surface area contributed by atoms with Gasteiger partial charge in [-0.05, 0) is 42.0 Å². The van der Waals surface area contributed by atoms with E-state index in [9.17, 15) is 26.4 Å². The molecule has 0 unspecified atom stereocenters. The smallest absolute Gasteiger partial charge is 0.411 e. The number of alkyl halides is 3. The van der Waals surface area contributed by atoms with Gasteiger partial charge in [-0.2, -0.15) is 17.5 Å². The lowest BCUT2D eigenvalue weighted by molar-refractivity contribution is -0.176. The molecule has 1 aliphatic heterocycles. The van der Waals surface area contributed by atoms with Crippen molar-refractivity contribution in [2.45, 2.75) is 17.7 Å². The van der Waals surface area contributed by atoms with Crippen LogP contribution in [0.5, 0.6) is 5.75 Å². The Labute approximate surface area is 184 Å². The number of nitrogens with zero attached hydrogens (tertiary/aromatic N) is 2. The fourth-order valence-corrected chi connectivity index (χ4v) is 4.66. The molecule has 7 nitrogen and oxygen atoms in total. The number of carbonyl (C=O) groups is 1. The van der Waals surface area contributed by atoms with E-state index >= 15 is 0 Å². The zero-order chi connectivity index (χ0) is 23.4. The first-order valence-electron chi connectivity index (χ1n) is 9.77. The molecule has 0 N–H and O–H groups in total. The van der Waals surface area contributed by atoms with Crippen molar-refractivity contribution >= 4 is 15.9 Å². The zero-order valence-corrected chi connectivity index (χ0v) is 18.2. The molecule has 11 heteroatoms. The molecule has 0 bridgehead atoms. The van der Waals surface area contributed by atoms with Crippen LogP contribution in [0.3, 0.4) is 0 Å². The Morgan fingerprint density at radius 3 is 2.09 bits per heavy atom. The Balaban J connectivity index is 1.55. The predicted molar refractivity (Wildman–Crippen MR) is 110 cm³/mol. The SMILES string of the molecule is COc1ccc(S(=O)(=O)N2CCN(C(=O)c3ccc(COCC(F)(F)F)cc3)CC2)cc1. The van der Waals surface area contributed by atoms with E-state index in [0.29, 0.717) is 16.9 Å². The number of ether oxygens (including phenoxy) is 2. The van der Waals surface area contributed by atoms with Crippen molar-refractivity contribution in [2.75, 3.05) is 39.9 Å². The minimum absolute atomic E-state index is 0.154. The number of hydrogen-bond acceptors (Lipinski definition) is 5. The first-order valence-corrected chi connectivity index (χ1v) is 11.2. The molecule has 1 amide bonds. The largest absolute Gasteiger partial charge is 0.497 e. The van der Waals surface area contributed by atoms with E-state index in [1.54, 1.807) is 17.0 Å². The van der Waals surface area contributed by atoms with Crippen molar-refractivity contribution in [3.63, 3.8) is 0 Å². The summed E-state index contributed by atoms with van der Waals surface area (Å²) in [6, 6.07) is 12.2. The highest BCUT2D eigenvalue weighted by molar-refractivity contribution is 7.89. The highest BCUT2D eigenvalue weighted by Gasteiger charge is 2.30. The summed E-state index contributed by atoms with van der Waals surface area (Å²) in [6.07, 6.45) is -4.39. The van der Waals surface area contributed by atoms with E-state index in [1.165, 1.54) is 47.8 Å². The third kappa shape index (κ3) is 5.99. The average Bonchev–Trinajstić information content (AvgIpc) is 2.78. The summed E-state index contributed by atoms with van der Waals surface area (Å²) in [5, 5.41) is 0. The van der Waals surface area contributed by atoms with Crippen molar-refractivity contribution in [1.82, 2.24) is 9.21 Å². The van der Waals surface area contributed by atoms with Crippen LogP contribution >= 0.6 is 0 Å². The van der Waals surface area contributed by atoms with E-state index in [0.717, 1.165) is 0 Å². The molecule has 0 spiro atoms. The average molecular weight is 472 g/mol. The number of methoxy groups -OCH3 is 1. The molecule has 1 saturated heterocycles. The number of benzene rings is 2. The molecule has 32 heavy (non-hydrogen) atoms. The lowest BCUT2D eigenvalue weighted by atomic mass is 10.1. The minimum Gasteiger partial charge on any atom is -0.497 e. The van der Waals surface area contributed by atoms with Crippen LogP contribution in [0, 0.1) is 0 Å². The highest BCUT2D eigenvalue weighted by Crippen LogP contribution is 2.21. The van der Waals surface area contributed by atoms with Crippen LogP contribution in [0.4, 0.5) is 13.2 Å². The lowest BCUT2D eigenvalue weighted by Crippen LogP contribution is -2.50. The molecule has 0 aromatic heterocycles. The van der Waals surface area contributed by atoms with Crippen molar-refractivity contribution < 1.29 is 35.9 Å². The molecule has 0 radical (unpaired) electrons. The molecule has 0 atom stereocenters. The Hall–Kier alpha value is -2.63. The maximum Gasteiger partial charge on any atom is 0.411 e. The van der Waals surface area contributed by atoms with Crippen LogP contribution in [0.25, 0.3) is 0 Å². The van der Waals surface area contributed by atoms with Crippen molar-refractivity contribution in [3.05, 3.63) is 59.7 Å². The van der Waals surface area contributed by atoms with Crippen LogP contribution in [-0.4, -0.2) is 69.6 Å². The van der Waals surface area contributed by atoms with Crippen LogP contribution in [0.15, 0.2) is 53.4 Å². The molecule has 2 aromatic carbocycles. The van der Waals surface area contributed by atoms with Gasteiger partial charge in [0.2, 0.25) is 10.0 Å². The number of hydrogen-bond donors (Lipinski definition) is 0. The van der Waals surface area contributed by atoms with Crippen molar-refractivity contribution in [1.29, 1.82) is 0 Å². The Bertz CT molecular complexity index is 1020. The van der Waals surface area contributed by atoms with Gasteiger partial charge in [0.1, 0.15) is 12.4 Å². The van der Waals surface area contributed by atoms with Gasteiger partial charge >= 0.3 is 6.18 Å². The number of carbonyl (C=O) groups excluding carboxylic acids is 1. The van der Waals surface area contributed by atoms with Crippen LogP contribution in [-0.2, 0) is 21.4 Å². The van der Waals surface area contributed by atoms with Gasteiger partial charge in [0.25, 0.3) is 5.91 Å². The fourth-order valence-electron chi connectivity index (χ4n) is 3.24. The lowest BCUT2D eigenvalue weighted by Gasteiger charge is -2.34. The van der Waals surface area contributed by atoms with E-state index in [2.05, 4.69) is 4.74 Å². The topological polar surface area (TPSA) is 76.2 Å². The van der Waals surface area contributed by atoms with E-state index in [4.69, 9.17) is 4.74 Å². The summed E-state index contributed by atoms with van der Waals surface area (Å²) in [5.74, 6) is 0.284. The van der Waals surface area contributed by atoms with Gasteiger partial charge in [-0.15, -0.1) is 0 Å². The van der Waals surface area contributed by atoms with Gasteiger partial charge in [0.05, 0.1) is 18.6 Å². The van der Waals surface area contributed by atoms with E-state index in [1.807, 2.05) is 0 Å². The third-order valence-electron chi connectivity index (χ3n) is 4.96.